The quantitative estimate of drug-likeness (QED) is 0.506. The largest absolute Gasteiger partial charge is 0.363 e. The van der Waals surface area contributed by atoms with Crippen LogP contribution in [0.3, 0.4) is 0 Å². The number of thiophene rings is 1. The molecule has 0 fully saturated rings. The summed E-state index contributed by atoms with van der Waals surface area (Å²) < 4.78 is 25.7. The van der Waals surface area contributed by atoms with Crippen molar-refractivity contribution in [2.24, 2.45) is 0 Å². The normalized spacial score (nSPS) is 13.9. The van der Waals surface area contributed by atoms with Crippen molar-refractivity contribution < 1.29 is 27.6 Å². The van der Waals surface area contributed by atoms with Gasteiger partial charge in [-0.2, -0.15) is 5.48 Å². The van der Waals surface area contributed by atoms with Crippen LogP contribution in [-0.4, -0.2) is 26.1 Å². The number of amides is 1. The van der Waals surface area contributed by atoms with Crippen molar-refractivity contribution in [1.82, 2.24) is 5.48 Å². The van der Waals surface area contributed by atoms with Gasteiger partial charge >= 0.3 is 5.97 Å². The summed E-state index contributed by atoms with van der Waals surface area (Å²) in [5.41, 5.74) is 1.98. The minimum absolute atomic E-state index is 0.0159. The molecule has 0 saturated heterocycles. The number of benzene rings is 2. The summed E-state index contributed by atoms with van der Waals surface area (Å²) in [4.78, 5) is 41.4. The Morgan fingerprint density at radius 3 is 2.43 bits per heavy atom. The highest BCUT2D eigenvalue weighted by atomic mass is 32.2. The highest BCUT2D eigenvalue weighted by molar-refractivity contribution is 7.91. The number of hydrogen-bond donors (Lipinski definition) is 1. The molecule has 1 N–H and O–H groups in total. The van der Waals surface area contributed by atoms with Crippen LogP contribution in [0.15, 0.2) is 69.8 Å². The summed E-state index contributed by atoms with van der Waals surface area (Å²) >= 11 is 1.17. The predicted molar refractivity (Wildman–Crippen MR) is 99.0 cm³/mol. The van der Waals surface area contributed by atoms with E-state index in [0.29, 0.717) is 4.88 Å². The topological polar surface area (TPSA) is 107 Å². The van der Waals surface area contributed by atoms with Gasteiger partial charge < -0.3 is 4.84 Å². The van der Waals surface area contributed by atoms with Gasteiger partial charge in [-0.05, 0) is 41.8 Å². The minimum atomic E-state index is -3.97. The van der Waals surface area contributed by atoms with Crippen molar-refractivity contribution in [3.63, 3.8) is 0 Å². The molecule has 28 heavy (non-hydrogen) atoms. The monoisotopic (exact) mass is 413 g/mol. The molecule has 0 aliphatic carbocycles. The molecule has 0 spiro atoms. The van der Waals surface area contributed by atoms with Crippen molar-refractivity contribution in [3.05, 3.63) is 81.5 Å². The van der Waals surface area contributed by atoms with E-state index in [-0.39, 0.29) is 26.5 Å². The number of sulfone groups is 1. The average Bonchev–Trinajstić information content (AvgIpc) is 3.25. The van der Waals surface area contributed by atoms with Crippen LogP contribution in [-0.2, 0) is 14.7 Å². The lowest BCUT2D eigenvalue weighted by Gasteiger charge is -2.19. The van der Waals surface area contributed by atoms with Gasteiger partial charge in [0.1, 0.15) is 0 Å². The maximum absolute atomic E-state index is 12.9. The third kappa shape index (κ3) is 2.90. The summed E-state index contributed by atoms with van der Waals surface area (Å²) in [5, 5.41) is 1.69. The second kappa shape index (κ2) is 6.70. The van der Waals surface area contributed by atoms with Crippen molar-refractivity contribution in [1.29, 1.82) is 0 Å². The molecule has 1 aromatic heterocycles. The van der Waals surface area contributed by atoms with Crippen LogP contribution in [0.4, 0.5) is 0 Å². The van der Waals surface area contributed by atoms with Crippen LogP contribution in [0, 0.1) is 0 Å². The standard InChI is InChI=1S/C19H11NO6S2/c21-17-12-4-1-2-6-15(12)28(24,25)16-10-11(7-8-13(16)17)19(23)26-20-18(22)14-5-3-9-27-14/h1-10H,(H,20,22). The Labute approximate surface area is 163 Å². The van der Waals surface area contributed by atoms with Crippen LogP contribution in [0.5, 0.6) is 0 Å². The summed E-state index contributed by atoms with van der Waals surface area (Å²) in [6.07, 6.45) is 0. The van der Waals surface area contributed by atoms with Crippen LogP contribution >= 0.6 is 11.3 Å². The summed E-state index contributed by atoms with van der Waals surface area (Å²) in [7, 11) is -3.97. The SMILES string of the molecule is O=C(ONC(=O)c1cccs1)c1ccc2c(c1)S(=O)(=O)c1ccccc1C2=O. The van der Waals surface area contributed by atoms with Gasteiger partial charge in [0, 0.05) is 11.1 Å². The van der Waals surface area contributed by atoms with Gasteiger partial charge in [0.2, 0.25) is 9.84 Å². The second-order valence-electron chi connectivity index (χ2n) is 5.84. The van der Waals surface area contributed by atoms with Gasteiger partial charge in [0.25, 0.3) is 5.91 Å². The molecular weight excluding hydrogens is 402 g/mol. The lowest BCUT2D eigenvalue weighted by Crippen LogP contribution is -2.27. The highest BCUT2D eigenvalue weighted by Gasteiger charge is 2.35. The lowest BCUT2D eigenvalue weighted by molar-refractivity contribution is 0.0231. The Morgan fingerprint density at radius 1 is 0.929 bits per heavy atom. The van der Waals surface area contributed by atoms with E-state index in [2.05, 4.69) is 0 Å². The van der Waals surface area contributed by atoms with E-state index < -0.39 is 27.5 Å². The molecule has 1 aliphatic heterocycles. The lowest BCUT2D eigenvalue weighted by atomic mass is 10.0. The maximum atomic E-state index is 12.9. The molecule has 140 valence electrons. The van der Waals surface area contributed by atoms with E-state index >= 15 is 0 Å². The molecule has 2 heterocycles. The summed E-state index contributed by atoms with van der Waals surface area (Å²) in [6, 6.07) is 12.7. The number of hydrogen-bond acceptors (Lipinski definition) is 7. The fourth-order valence-corrected chi connectivity index (χ4v) is 5.11. The Kier molecular flexibility index (Phi) is 4.33. The number of carbonyl (C=O) groups excluding carboxylic acids is 3. The van der Waals surface area contributed by atoms with Crippen molar-refractivity contribution in [3.8, 4) is 0 Å². The van der Waals surface area contributed by atoms with Crippen LogP contribution in [0.25, 0.3) is 0 Å². The Bertz CT molecular complexity index is 1230. The van der Waals surface area contributed by atoms with Crippen molar-refractivity contribution in [2.75, 3.05) is 0 Å². The van der Waals surface area contributed by atoms with Crippen molar-refractivity contribution >= 4 is 38.8 Å². The third-order valence-electron chi connectivity index (χ3n) is 4.15. The van der Waals surface area contributed by atoms with Crippen LogP contribution in [0.2, 0.25) is 0 Å². The van der Waals surface area contributed by atoms with E-state index in [1.807, 2.05) is 5.48 Å². The summed E-state index contributed by atoms with van der Waals surface area (Å²) in [6.45, 7) is 0. The molecule has 0 radical (unpaired) electrons. The van der Waals surface area contributed by atoms with Crippen molar-refractivity contribution in [2.45, 2.75) is 9.79 Å². The molecule has 2 aromatic carbocycles. The zero-order valence-electron chi connectivity index (χ0n) is 14.0. The van der Waals surface area contributed by atoms with Gasteiger partial charge in [-0.1, -0.05) is 18.2 Å². The fraction of sp³-hybridized carbons (Fsp3) is 0. The van der Waals surface area contributed by atoms with E-state index in [0.717, 1.165) is 6.07 Å². The van der Waals surface area contributed by atoms with Gasteiger partial charge in [0.15, 0.2) is 5.78 Å². The maximum Gasteiger partial charge on any atom is 0.363 e. The molecular formula is C19H11NO6S2. The molecule has 4 rings (SSSR count). The van der Waals surface area contributed by atoms with Gasteiger partial charge in [0.05, 0.1) is 20.2 Å². The van der Waals surface area contributed by atoms with E-state index in [4.69, 9.17) is 4.84 Å². The molecule has 0 atom stereocenters. The Balaban J connectivity index is 1.64. The van der Waals surface area contributed by atoms with Gasteiger partial charge in [-0.25, -0.2) is 13.2 Å². The predicted octanol–water partition coefficient (Wildman–Crippen LogP) is 2.63. The number of carbonyl (C=O) groups is 3. The minimum Gasteiger partial charge on any atom is -0.335 e. The average molecular weight is 413 g/mol. The van der Waals surface area contributed by atoms with E-state index in [1.54, 1.807) is 23.6 Å². The van der Waals surface area contributed by atoms with E-state index in [9.17, 15) is 22.8 Å². The highest BCUT2D eigenvalue weighted by Crippen LogP contribution is 2.34. The third-order valence-corrected chi connectivity index (χ3v) is 6.87. The first-order valence-corrected chi connectivity index (χ1v) is 10.3. The molecule has 0 unspecified atom stereocenters. The number of rotatable bonds is 2. The van der Waals surface area contributed by atoms with E-state index in [1.165, 1.54) is 41.7 Å². The number of hydroxylamine groups is 1. The van der Waals surface area contributed by atoms with Crippen LogP contribution < -0.4 is 5.48 Å². The first kappa shape index (κ1) is 18.1. The molecule has 9 heteroatoms. The molecule has 1 amide bonds. The first-order valence-electron chi connectivity index (χ1n) is 7.97. The molecule has 0 saturated carbocycles. The zero-order chi connectivity index (χ0) is 19.9. The van der Waals surface area contributed by atoms with Gasteiger partial charge in [-0.15, -0.1) is 11.3 Å². The Morgan fingerprint density at radius 2 is 1.68 bits per heavy atom. The van der Waals surface area contributed by atoms with Gasteiger partial charge in [-0.3, -0.25) is 9.59 Å². The molecule has 0 bridgehead atoms. The molecule has 3 aromatic rings. The number of nitrogens with one attached hydrogen (secondary N) is 1. The Hall–Kier alpha value is -3.30. The smallest absolute Gasteiger partial charge is 0.335 e. The number of ketones is 1. The second-order valence-corrected chi connectivity index (χ2v) is 8.67. The number of fused-ring (bicyclic) bond motifs is 2. The first-order chi connectivity index (χ1) is 13.4. The molecule has 7 nitrogen and oxygen atoms in total. The summed E-state index contributed by atoms with van der Waals surface area (Å²) in [5.74, 6) is -1.99. The fourth-order valence-electron chi connectivity index (χ4n) is 2.82. The van der Waals surface area contributed by atoms with Crippen LogP contribution in [0.1, 0.15) is 36.0 Å². The zero-order valence-corrected chi connectivity index (χ0v) is 15.7. The molecule has 1 aliphatic rings.